The monoisotopic (exact) mass is 275 g/mol. The summed E-state index contributed by atoms with van der Waals surface area (Å²) in [7, 11) is 0. The summed E-state index contributed by atoms with van der Waals surface area (Å²) in [6, 6.07) is 0. The summed E-state index contributed by atoms with van der Waals surface area (Å²) in [4.78, 5) is 13.9. The molecule has 0 bridgehead atoms. The van der Waals surface area contributed by atoms with Crippen molar-refractivity contribution < 1.29 is 0 Å². The van der Waals surface area contributed by atoms with E-state index in [1.54, 1.807) is 6.33 Å². The SMILES string of the molecule is CC(CN)CN1CCN(c2ncnc3c2CCC3)CC1. The topological polar surface area (TPSA) is 58.3 Å². The summed E-state index contributed by atoms with van der Waals surface area (Å²) in [5.41, 5.74) is 8.39. The van der Waals surface area contributed by atoms with Gasteiger partial charge in [0, 0.05) is 44.0 Å². The number of hydrogen-bond acceptors (Lipinski definition) is 5. The van der Waals surface area contributed by atoms with Crippen LogP contribution in [0.3, 0.4) is 0 Å². The molecule has 0 aromatic carbocycles. The van der Waals surface area contributed by atoms with Crippen molar-refractivity contribution in [2.75, 3.05) is 44.2 Å². The van der Waals surface area contributed by atoms with Gasteiger partial charge in [0.15, 0.2) is 0 Å². The number of hydrogen-bond donors (Lipinski definition) is 1. The first-order valence-electron chi connectivity index (χ1n) is 7.78. The number of nitrogens with two attached hydrogens (primary N) is 1. The highest BCUT2D eigenvalue weighted by Gasteiger charge is 2.24. The molecule has 1 aliphatic carbocycles. The maximum absolute atomic E-state index is 5.72. The van der Waals surface area contributed by atoms with Gasteiger partial charge in [-0.3, -0.25) is 4.90 Å². The van der Waals surface area contributed by atoms with E-state index in [-0.39, 0.29) is 0 Å². The lowest BCUT2D eigenvalue weighted by atomic mass is 10.1. The van der Waals surface area contributed by atoms with Gasteiger partial charge in [-0.1, -0.05) is 6.92 Å². The lowest BCUT2D eigenvalue weighted by Gasteiger charge is -2.37. The molecule has 1 fully saturated rings. The minimum Gasteiger partial charge on any atom is -0.354 e. The molecule has 2 N–H and O–H groups in total. The van der Waals surface area contributed by atoms with E-state index in [9.17, 15) is 0 Å². The van der Waals surface area contributed by atoms with Gasteiger partial charge in [-0.05, 0) is 31.7 Å². The minimum atomic E-state index is 0.588. The average Bonchev–Trinajstić information content (AvgIpc) is 2.96. The van der Waals surface area contributed by atoms with E-state index < -0.39 is 0 Å². The maximum atomic E-state index is 5.72. The minimum absolute atomic E-state index is 0.588. The molecule has 1 atom stereocenters. The number of anilines is 1. The normalized spacial score (nSPS) is 21.0. The van der Waals surface area contributed by atoms with Crippen LogP contribution in [0.25, 0.3) is 0 Å². The van der Waals surface area contributed by atoms with Gasteiger partial charge in [-0.25, -0.2) is 9.97 Å². The first kappa shape index (κ1) is 13.8. The van der Waals surface area contributed by atoms with Crippen LogP contribution in [0.1, 0.15) is 24.6 Å². The van der Waals surface area contributed by atoms with Crippen LogP contribution in [-0.4, -0.2) is 54.1 Å². The Balaban J connectivity index is 1.63. The van der Waals surface area contributed by atoms with Gasteiger partial charge < -0.3 is 10.6 Å². The van der Waals surface area contributed by atoms with Crippen LogP contribution in [0.4, 0.5) is 5.82 Å². The average molecular weight is 275 g/mol. The van der Waals surface area contributed by atoms with E-state index in [1.807, 2.05) is 0 Å². The fourth-order valence-electron chi connectivity index (χ4n) is 3.27. The zero-order chi connectivity index (χ0) is 13.9. The van der Waals surface area contributed by atoms with Crippen molar-refractivity contribution in [2.24, 2.45) is 11.7 Å². The molecule has 1 unspecified atom stereocenters. The van der Waals surface area contributed by atoms with E-state index >= 15 is 0 Å². The molecule has 5 nitrogen and oxygen atoms in total. The van der Waals surface area contributed by atoms with Gasteiger partial charge >= 0.3 is 0 Å². The molecular weight excluding hydrogens is 250 g/mol. The second kappa shape index (κ2) is 6.06. The molecule has 1 aliphatic heterocycles. The fourth-order valence-corrected chi connectivity index (χ4v) is 3.27. The van der Waals surface area contributed by atoms with Crippen molar-refractivity contribution in [1.82, 2.24) is 14.9 Å². The van der Waals surface area contributed by atoms with Crippen molar-refractivity contribution >= 4 is 5.82 Å². The third-order valence-corrected chi connectivity index (χ3v) is 4.50. The predicted molar refractivity (Wildman–Crippen MR) is 80.9 cm³/mol. The van der Waals surface area contributed by atoms with Gasteiger partial charge in [0.1, 0.15) is 12.1 Å². The van der Waals surface area contributed by atoms with Crippen molar-refractivity contribution in [1.29, 1.82) is 0 Å². The Morgan fingerprint density at radius 1 is 1.20 bits per heavy atom. The Kier molecular flexibility index (Phi) is 4.17. The summed E-state index contributed by atoms with van der Waals surface area (Å²) in [6.07, 6.45) is 5.24. The molecule has 5 heteroatoms. The summed E-state index contributed by atoms with van der Waals surface area (Å²) in [5.74, 6) is 1.78. The molecule has 0 radical (unpaired) electrons. The molecule has 0 saturated carbocycles. The largest absolute Gasteiger partial charge is 0.354 e. The zero-order valence-corrected chi connectivity index (χ0v) is 12.4. The third kappa shape index (κ3) is 2.79. The quantitative estimate of drug-likeness (QED) is 0.876. The number of fused-ring (bicyclic) bond motifs is 1. The van der Waals surface area contributed by atoms with E-state index in [4.69, 9.17) is 5.73 Å². The highest BCUT2D eigenvalue weighted by molar-refractivity contribution is 5.50. The fraction of sp³-hybridized carbons (Fsp3) is 0.733. The van der Waals surface area contributed by atoms with Crippen LogP contribution in [-0.2, 0) is 12.8 Å². The van der Waals surface area contributed by atoms with Crippen LogP contribution < -0.4 is 10.6 Å². The first-order chi connectivity index (χ1) is 9.78. The summed E-state index contributed by atoms with van der Waals surface area (Å²) < 4.78 is 0. The molecular formula is C15H25N5. The van der Waals surface area contributed by atoms with Crippen LogP contribution in [0.15, 0.2) is 6.33 Å². The Hall–Kier alpha value is -1.20. The van der Waals surface area contributed by atoms with E-state index in [0.717, 1.165) is 52.1 Å². The Labute approximate surface area is 121 Å². The predicted octanol–water partition coefficient (Wildman–Crippen LogP) is 0.682. The second-order valence-corrected chi connectivity index (χ2v) is 6.10. The van der Waals surface area contributed by atoms with Crippen molar-refractivity contribution in [3.63, 3.8) is 0 Å². The zero-order valence-electron chi connectivity index (χ0n) is 12.4. The molecule has 1 aromatic rings. The number of aryl methyl sites for hydroxylation is 1. The summed E-state index contributed by atoms with van der Waals surface area (Å²) in [5, 5.41) is 0. The van der Waals surface area contributed by atoms with Gasteiger partial charge in [0.05, 0.1) is 0 Å². The van der Waals surface area contributed by atoms with E-state index in [1.165, 1.54) is 23.5 Å². The molecule has 2 aliphatic rings. The van der Waals surface area contributed by atoms with Crippen molar-refractivity contribution in [3.8, 4) is 0 Å². The number of nitrogens with zero attached hydrogens (tertiary/aromatic N) is 4. The van der Waals surface area contributed by atoms with Crippen LogP contribution in [0, 0.1) is 5.92 Å². The Bertz CT molecular complexity index is 454. The Morgan fingerprint density at radius 2 is 2.00 bits per heavy atom. The smallest absolute Gasteiger partial charge is 0.135 e. The van der Waals surface area contributed by atoms with Crippen molar-refractivity contribution in [2.45, 2.75) is 26.2 Å². The molecule has 110 valence electrons. The van der Waals surface area contributed by atoms with Gasteiger partial charge in [0.25, 0.3) is 0 Å². The molecule has 1 aromatic heterocycles. The summed E-state index contributed by atoms with van der Waals surface area (Å²) in [6.45, 7) is 8.49. The number of rotatable bonds is 4. The van der Waals surface area contributed by atoms with Gasteiger partial charge in [0.2, 0.25) is 0 Å². The van der Waals surface area contributed by atoms with Crippen molar-refractivity contribution in [3.05, 3.63) is 17.6 Å². The highest BCUT2D eigenvalue weighted by atomic mass is 15.3. The molecule has 3 rings (SSSR count). The van der Waals surface area contributed by atoms with Gasteiger partial charge in [-0.15, -0.1) is 0 Å². The lowest BCUT2D eigenvalue weighted by molar-refractivity contribution is 0.226. The molecule has 20 heavy (non-hydrogen) atoms. The standard InChI is InChI=1S/C15H25N5/c1-12(9-16)10-19-5-7-20(8-6-19)15-13-3-2-4-14(13)17-11-18-15/h11-12H,2-10,16H2,1H3. The molecule has 0 amide bonds. The summed E-state index contributed by atoms with van der Waals surface area (Å²) >= 11 is 0. The first-order valence-corrected chi connectivity index (χ1v) is 7.78. The second-order valence-electron chi connectivity index (χ2n) is 6.10. The lowest BCUT2D eigenvalue weighted by Crippen LogP contribution is -2.48. The van der Waals surface area contributed by atoms with E-state index in [0.29, 0.717) is 5.92 Å². The molecule has 0 spiro atoms. The van der Waals surface area contributed by atoms with Crippen LogP contribution in [0.5, 0.6) is 0 Å². The highest BCUT2D eigenvalue weighted by Crippen LogP contribution is 2.28. The van der Waals surface area contributed by atoms with Gasteiger partial charge in [-0.2, -0.15) is 0 Å². The third-order valence-electron chi connectivity index (χ3n) is 4.50. The maximum Gasteiger partial charge on any atom is 0.135 e. The van der Waals surface area contributed by atoms with Crippen LogP contribution in [0.2, 0.25) is 0 Å². The van der Waals surface area contributed by atoms with Crippen LogP contribution >= 0.6 is 0 Å². The van der Waals surface area contributed by atoms with E-state index in [2.05, 4.69) is 26.7 Å². The number of piperazine rings is 1. The molecule has 1 saturated heterocycles. The Morgan fingerprint density at radius 3 is 2.75 bits per heavy atom. The molecule has 2 heterocycles. The number of aromatic nitrogens is 2.